The zero-order valence-electron chi connectivity index (χ0n) is 13.8. The van der Waals surface area contributed by atoms with Crippen LogP contribution < -0.4 is 19.6 Å². The second kappa shape index (κ2) is 6.17. The first-order chi connectivity index (χ1) is 13.2. The molecule has 8 heteroatoms. The number of thiazole rings is 1. The maximum Gasteiger partial charge on any atom is 0.291 e. The Hall–Kier alpha value is -3.26. The molecule has 1 atom stereocenters. The summed E-state index contributed by atoms with van der Waals surface area (Å²) in [6, 6.07) is 13.6. The fourth-order valence-electron chi connectivity index (χ4n) is 2.87. The quantitative estimate of drug-likeness (QED) is 0.533. The van der Waals surface area contributed by atoms with Crippen LogP contribution in [0.2, 0.25) is 0 Å². The lowest BCUT2D eigenvalue weighted by Crippen LogP contribution is -2.26. The highest BCUT2D eigenvalue weighted by atomic mass is 32.1. The summed E-state index contributed by atoms with van der Waals surface area (Å²) in [5.74, 6) is 1.28. The Morgan fingerprint density at radius 2 is 1.93 bits per heavy atom. The first kappa shape index (κ1) is 16.0. The minimum atomic E-state index is -0.495. The molecule has 6 nitrogen and oxygen atoms in total. The van der Waals surface area contributed by atoms with E-state index in [0.717, 1.165) is 11.3 Å². The highest BCUT2D eigenvalue weighted by Gasteiger charge is 2.27. The average Bonchev–Trinajstić information content (AvgIpc) is 3.23. The van der Waals surface area contributed by atoms with Crippen molar-refractivity contribution in [1.82, 2.24) is 14.6 Å². The van der Waals surface area contributed by atoms with Gasteiger partial charge in [0.1, 0.15) is 12.4 Å². The molecule has 1 aliphatic heterocycles. The fraction of sp³-hybridized carbons (Fsp3) is 0.105. The zero-order valence-corrected chi connectivity index (χ0v) is 14.6. The number of benzene rings is 2. The molecule has 0 N–H and O–H groups in total. The molecule has 5 rings (SSSR count). The van der Waals surface area contributed by atoms with E-state index in [1.54, 1.807) is 24.3 Å². The third kappa shape index (κ3) is 2.74. The van der Waals surface area contributed by atoms with Crippen LogP contribution in [0, 0.1) is 5.82 Å². The van der Waals surface area contributed by atoms with Crippen molar-refractivity contribution in [2.75, 3.05) is 6.61 Å². The van der Waals surface area contributed by atoms with Crippen molar-refractivity contribution < 1.29 is 13.9 Å². The molecule has 1 aliphatic rings. The largest absolute Gasteiger partial charge is 0.485 e. The Bertz CT molecular complexity index is 1270. The fourth-order valence-corrected chi connectivity index (χ4v) is 3.77. The van der Waals surface area contributed by atoms with Crippen LogP contribution in [0.4, 0.5) is 4.39 Å². The van der Waals surface area contributed by atoms with Crippen LogP contribution in [0.15, 0.2) is 53.3 Å². The monoisotopic (exact) mass is 381 g/mol. The zero-order chi connectivity index (χ0) is 18.4. The molecule has 0 radical (unpaired) electrons. The van der Waals surface area contributed by atoms with Crippen molar-refractivity contribution in [3.63, 3.8) is 0 Å². The lowest BCUT2D eigenvalue weighted by Gasteiger charge is -2.24. The van der Waals surface area contributed by atoms with Crippen LogP contribution in [0.5, 0.6) is 11.5 Å². The molecule has 0 saturated heterocycles. The van der Waals surface area contributed by atoms with E-state index >= 15 is 0 Å². The Morgan fingerprint density at radius 3 is 2.74 bits per heavy atom. The van der Waals surface area contributed by atoms with Crippen molar-refractivity contribution in [3.8, 4) is 11.5 Å². The van der Waals surface area contributed by atoms with Crippen molar-refractivity contribution in [3.05, 3.63) is 80.6 Å². The predicted molar refractivity (Wildman–Crippen MR) is 97.6 cm³/mol. The molecule has 3 heterocycles. The van der Waals surface area contributed by atoms with Gasteiger partial charge in [0.15, 0.2) is 23.4 Å². The van der Waals surface area contributed by atoms with E-state index in [1.807, 2.05) is 18.2 Å². The smallest absolute Gasteiger partial charge is 0.291 e. The molecule has 0 spiro atoms. The molecule has 0 amide bonds. The lowest BCUT2D eigenvalue weighted by atomic mass is 10.2. The third-order valence-electron chi connectivity index (χ3n) is 4.19. The summed E-state index contributed by atoms with van der Waals surface area (Å²) in [5, 5.41) is 4.28. The van der Waals surface area contributed by atoms with Gasteiger partial charge in [0, 0.05) is 5.56 Å². The molecule has 0 aliphatic carbocycles. The third-order valence-corrected chi connectivity index (χ3v) is 5.15. The maximum absolute atomic E-state index is 13.8. The molecule has 0 bridgehead atoms. The first-order valence-electron chi connectivity index (χ1n) is 8.23. The normalized spacial score (nSPS) is 16.8. The number of hydrogen-bond donors (Lipinski definition) is 0. The molecule has 2 aromatic carbocycles. The van der Waals surface area contributed by atoms with E-state index in [2.05, 4.69) is 10.1 Å². The highest BCUT2D eigenvalue weighted by Crippen LogP contribution is 2.35. The number of hydrogen-bond acceptors (Lipinski definition) is 6. The van der Waals surface area contributed by atoms with Crippen LogP contribution in [0.3, 0.4) is 0 Å². The number of para-hydroxylation sites is 2. The Morgan fingerprint density at radius 1 is 1.15 bits per heavy atom. The molecule has 4 aromatic rings. The van der Waals surface area contributed by atoms with E-state index in [4.69, 9.17) is 9.47 Å². The van der Waals surface area contributed by atoms with E-state index in [9.17, 15) is 9.18 Å². The number of ether oxygens (including phenoxy) is 2. The van der Waals surface area contributed by atoms with Crippen molar-refractivity contribution >= 4 is 22.4 Å². The van der Waals surface area contributed by atoms with Gasteiger partial charge >= 0.3 is 0 Å². The number of rotatable bonds is 2. The van der Waals surface area contributed by atoms with Crippen LogP contribution in [-0.2, 0) is 0 Å². The maximum atomic E-state index is 13.8. The van der Waals surface area contributed by atoms with Gasteiger partial charge in [0.05, 0.1) is 4.53 Å². The molecule has 0 unspecified atom stereocenters. The summed E-state index contributed by atoms with van der Waals surface area (Å²) in [5.41, 5.74) is 0.00841. The number of aromatic nitrogens is 3. The van der Waals surface area contributed by atoms with E-state index < -0.39 is 6.10 Å². The van der Waals surface area contributed by atoms with E-state index in [1.165, 1.54) is 16.7 Å². The topological polar surface area (TPSA) is 65.7 Å². The van der Waals surface area contributed by atoms with Crippen LogP contribution in [0.25, 0.3) is 11.0 Å². The van der Waals surface area contributed by atoms with Crippen molar-refractivity contribution in [1.29, 1.82) is 0 Å². The molecule has 2 aromatic heterocycles. The van der Waals surface area contributed by atoms with Gasteiger partial charge in [-0.1, -0.05) is 41.7 Å². The van der Waals surface area contributed by atoms with Crippen LogP contribution >= 0.6 is 11.3 Å². The van der Waals surface area contributed by atoms with Crippen molar-refractivity contribution in [2.45, 2.75) is 6.10 Å². The SMILES string of the molecule is O=c1/c(=C/c2ccccc2F)sc2nc([C@H]3COc4ccccc4O3)nn12. The van der Waals surface area contributed by atoms with E-state index in [-0.39, 0.29) is 18.0 Å². The van der Waals surface area contributed by atoms with Crippen molar-refractivity contribution in [2.24, 2.45) is 0 Å². The van der Waals surface area contributed by atoms with Gasteiger partial charge in [-0.3, -0.25) is 4.79 Å². The number of fused-ring (bicyclic) bond motifs is 2. The summed E-state index contributed by atoms with van der Waals surface area (Å²) >= 11 is 1.16. The number of nitrogens with zero attached hydrogens (tertiary/aromatic N) is 3. The predicted octanol–water partition coefficient (Wildman–Crippen LogP) is 2.35. The van der Waals surface area contributed by atoms with Crippen LogP contribution in [-0.4, -0.2) is 21.2 Å². The molecule has 27 heavy (non-hydrogen) atoms. The molecule has 0 saturated carbocycles. The van der Waals surface area contributed by atoms with Gasteiger partial charge in [0.25, 0.3) is 5.56 Å². The lowest BCUT2D eigenvalue weighted by molar-refractivity contribution is 0.0852. The summed E-state index contributed by atoms with van der Waals surface area (Å²) in [6.07, 6.45) is 1.01. The second-order valence-corrected chi connectivity index (χ2v) is 6.98. The second-order valence-electron chi connectivity index (χ2n) is 5.97. The average molecular weight is 381 g/mol. The van der Waals surface area contributed by atoms with Gasteiger partial charge in [-0.05, 0) is 24.3 Å². The molecular weight excluding hydrogens is 369 g/mol. The minimum absolute atomic E-state index is 0.261. The standard InChI is InChI=1S/C19H12FN3O3S/c20-12-6-2-1-5-11(12)9-16-18(24)23-19(27-16)21-17(22-23)15-10-25-13-7-3-4-8-14(13)26-15/h1-9,15H,10H2/b16-9-/t15-/m1/s1. The molecule has 0 fully saturated rings. The summed E-state index contributed by atoms with van der Waals surface area (Å²) in [7, 11) is 0. The Balaban J connectivity index is 1.52. The van der Waals surface area contributed by atoms with Gasteiger partial charge in [-0.25, -0.2) is 4.39 Å². The minimum Gasteiger partial charge on any atom is -0.485 e. The van der Waals surface area contributed by atoms with Gasteiger partial charge in [-0.15, -0.1) is 5.10 Å². The van der Waals surface area contributed by atoms with E-state index in [0.29, 0.717) is 32.4 Å². The van der Waals surface area contributed by atoms with Gasteiger partial charge < -0.3 is 9.47 Å². The Labute approximate surface area is 156 Å². The Kier molecular flexibility index (Phi) is 3.64. The highest BCUT2D eigenvalue weighted by molar-refractivity contribution is 7.15. The number of halogens is 1. The van der Waals surface area contributed by atoms with Gasteiger partial charge in [-0.2, -0.15) is 9.50 Å². The molecule has 134 valence electrons. The summed E-state index contributed by atoms with van der Waals surface area (Å²) < 4.78 is 27.0. The summed E-state index contributed by atoms with van der Waals surface area (Å²) in [4.78, 5) is 17.4. The molecular formula is C19H12FN3O3S. The first-order valence-corrected chi connectivity index (χ1v) is 9.05. The summed E-state index contributed by atoms with van der Waals surface area (Å²) in [6.45, 7) is 0.261. The van der Waals surface area contributed by atoms with Crippen LogP contribution in [0.1, 0.15) is 17.5 Å². The van der Waals surface area contributed by atoms with Gasteiger partial charge in [0.2, 0.25) is 4.96 Å².